The van der Waals surface area contributed by atoms with Crippen molar-refractivity contribution in [2.45, 2.75) is 13.5 Å². The van der Waals surface area contributed by atoms with Gasteiger partial charge in [0.15, 0.2) is 0 Å². The van der Waals surface area contributed by atoms with E-state index in [1.165, 1.54) is 0 Å². The fourth-order valence-corrected chi connectivity index (χ4v) is 1.63. The van der Waals surface area contributed by atoms with Gasteiger partial charge in [-0.05, 0) is 31.2 Å². The molecular formula is C14H14N2O2. The van der Waals surface area contributed by atoms with Gasteiger partial charge < -0.3 is 10.3 Å². The summed E-state index contributed by atoms with van der Waals surface area (Å²) in [6, 6.07) is 10.5. The highest BCUT2D eigenvalue weighted by Gasteiger charge is 2.14. The Morgan fingerprint density at radius 1 is 1.17 bits per heavy atom. The number of nitrogens with one attached hydrogen (secondary N) is 1. The average molecular weight is 242 g/mol. The predicted molar refractivity (Wildman–Crippen MR) is 67.8 cm³/mol. The molecule has 0 fully saturated rings. The Kier molecular flexibility index (Phi) is 3.82. The summed E-state index contributed by atoms with van der Waals surface area (Å²) >= 11 is 0. The Morgan fingerprint density at radius 3 is 2.39 bits per heavy atom. The van der Waals surface area contributed by atoms with Crippen LogP contribution in [0.25, 0.3) is 0 Å². The van der Waals surface area contributed by atoms with E-state index in [2.05, 4.69) is 4.98 Å². The summed E-state index contributed by atoms with van der Waals surface area (Å²) in [6.45, 7) is 2.06. The maximum absolute atomic E-state index is 11.9. The first-order valence-electron chi connectivity index (χ1n) is 5.70. The fourth-order valence-electron chi connectivity index (χ4n) is 1.63. The maximum Gasteiger partial charge on any atom is 0.344 e. The molecule has 1 unspecified atom stereocenters. The lowest BCUT2D eigenvalue weighted by Gasteiger charge is -2.19. The fraction of sp³-hybridized carbons (Fsp3) is 0.143. The van der Waals surface area contributed by atoms with Crippen LogP contribution in [0.2, 0.25) is 0 Å². The van der Waals surface area contributed by atoms with Crippen molar-refractivity contribution in [2.75, 3.05) is 0 Å². The number of carbonyl (C=O) groups excluding carboxylic acids is 1. The molecule has 18 heavy (non-hydrogen) atoms. The number of amides is 1. The summed E-state index contributed by atoms with van der Waals surface area (Å²) in [5.41, 5.74) is 2.31. The smallest absolute Gasteiger partial charge is 0.344 e. The average Bonchev–Trinajstić information content (AvgIpc) is 2.40. The minimum Gasteiger partial charge on any atom is -0.626 e. The second-order valence-electron chi connectivity index (χ2n) is 4.15. The van der Waals surface area contributed by atoms with Gasteiger partial charge in [-0.3, -0.25) is 4.98 Å². The van der Waals surface area contributed by atoms with Gasteiger partial charge in [0.25, 0.3) is 0 Å². The summed E-state index contributed by atoms with van der Waals surface area (Å²) in [5.74, 6) is -0.438. The zero-order valence-electron chi connectivity index (χ0n) is 10.1. The number of hydrogen-bond donors (Lipinski definition) is 1. The first-order chi connectivity index (χ1) is 8.66. The summed E-state index contributed by atoms with van der Waals surface area (Å²) in [7, 11) is 0. The van der Waals surface area contributed by atoms with E-state index in [-0.39, 0.29) is 6.54 Å². The number of nitrogens with zero attached hydrogens (tertiary/aromatic N) is 1. The van der Waals surface area contributed by atoms with Crippen LogP contribution >= 0.6 is 0 Å². The van der Waals surface area contributed by atoms with Gasteiger partial charge in [0.2, 0.25) is 0 Å². The van der Waals surface area contributed by atoms with Crippen LogP contribution in [0.4, 0.5) is 0 Å². The number of hydrogen-bond acceptors (Lipinski definition) is 3. The molecule has 4 nitrogen and oxygen atoms in total. The number of pyridine rings is 1. The van der Waals surface area contributed by atoms with Crippen molar-refractivity contribution in [3.8, 4) is 0 Å². The van der Waals surface area contributed by atoms with Crippen molar-refractivity contribution in [3.05, 3.63) is 70.7 Å². The van der Waals surface area contributed by atoms with Crippen molar-refractivity contribution < 1.29 is 9.86 Å². The summed E-state index contributed by atoms with van der Waals surface area (Å²) in [5, 5.41) is 11.4. The van der Waals surface area contributed by atoms with Crippen molar-refractivity contribution in [2.24, 2.45) is 0 Å². The highest BCUT2D eigenvalue weighted by Crippen LogP contribution is 2.02. The van der Waals surface area contributed by atoms with E-state index in [0.29, 0.717) is 5.56 Å². The number of benzene rings is 1. The number of quaternary nitrogens is 1. The molecule has 0 aliphatic rings. The monoisotopic (exact) mass is 242 g/mol. The zero-order valence-corrected chi connectivity index (χ0v) is 10.1. The van der Waals surface area contributed by atoms with Gasteiger partial charge in [-0.15, -0.1) is 0 Å². The molecule has 1 amide bonds. The third kappa shape index (κ3) is 3.00. The third-order valence-electron chi connectivity index (χ3n) is 2.68. The molecule has 0 spiro atoms. The molecule has 0 radical (unpaired) electrons. The molecule has 0 saturated heterocycles. The largest absolute Gasteiger partial charge is 0.626 e. The van der Waals surface area contributed by atoms with Gasteiger partial charge in [-0.25, -0.2) is 4.79 Å². The Hall–Kier alpha value is -2.04. The van der Waals surface area contributed by atoms with E-state index in [4.69, 9.17) is 0 Å². The number of carbonyl (C=O) groups is 1. The third-order valence-corrected chi connectivity index (χ3v) is 2.68. The predicted octanol–water partition coefficient (Wildman–Crippen LogP) is 1.11. The van der Waals surface area contributed by atoms with Crippen molar-refractivity contribution >= 4 is 5.91 Å². The standard InChI is InChI=1S/C14H14N2O2/c1-11-2-4-13(5-3-11)14(17)16(18)10-12-6-8-15-9-7-12/h2-9,16H,10H2,1H3. The van der Waals surface area contributed by atoms with E-state index in [0.717, 1.165) is 11.1 Å². The number of aryl methyl sites for hydroxylation is 1. The zero-order chi connectivity index (χ0) is 13.0. The van der Waals surface area contributed by atoms with E-state index < -0.39 is 11.0 Å². The molecule has 0 bridgehead atoms. The molecule has 2 aromatic rings. The molecule has 2 rings (SSSR count). The van der Waals surface area contributed by atoms with Crippen molar-refractivity contribution in [1.82, 2.24) is 4.98 Å². The molecule has 1 heterocycles. The van der Waals surface area contributed by atoms with Crippen LogP contribution in [0.5, 0.6) is 0 Å². The normalized spacial score (nSPS) is 12.1. The minimum atomic E-state index is -0.438. The molecule has 1 N–H and O–H groups in total. The second-order valence-corrected chi connectivity index (χ2v) is 4.15. The van der Waals surface area contributed by atoms with Crippen LogP contribution in [0.15, 0.2) is 48.8 Å². The summed E-state index contributed by atoms with van der Waals surface area (Å²) in [4.78, 5) is 15.8. The Labute approximate surface area is 105 Å². The van der Waals surface area contributed by atoms with Crippen LogP contribution in [0.3, 0.4) is 0 Å². The first kappa shape index (κ1) is 12.4. The topological polar surface area (TPSA) is 57.5 Å². The van der Waals surface area contributed by atoms with Gasteiger partial charge in [0.05, 0.1) is 5.56 Å². The van der Waals surface area contributed by atoms with Gasteiger partial charge in [0.1, 0.15) is 6.54 Å². The van der Waals surface area contributed by atoms with Gasteiger partial charge in [-0.1, -0.05) is 17.7 Å². The van der Waals surface area contributed by atoms with Crippen LogP contribution in [0.1, 0.15) is 21.5 Å². The lowest BCUT2D eigenvalue weighted by molar-refractivity contribution is -0.773. The molecule has 1 atom stereocenters. The number of hydroxylamine groups is 2. The Morgan fingerprint density at radius 2 is 1.78 bits per heavy atom. The van der Waals surface area contributed by atoms with Gasteiger partial charge >= 0.3 is 5.91 Å². The van der Waals surface area contributed by atoms with Crippen LogP contribution in [0, 0.1) is 12.1 Å². The van der Waals surface area contributed by atoms with Crippen LogP contribution in [-0.4, -0.2) is 10.9 Å². The van der Waals surface area contributed by atoms with E-state index in [1.54, 1.807) is 36.7 Å². The molecule has 1 aromatic heterocycles. The van der Waals surface area contributed by atoms with Crippen LogP contribution < -0.4 is 5.06 Å². The summed E-state index contributed by atoms with van der Waals surface area (Å²) in [6.07, 6.45) is 3.22. The molecular weight excluding hydrogens is 228 g/mol. The highest BCUT2D eigenvalue weighted by molar-refractivity contribution is 5.87. The maximum atomic E-state index is 11.9. The molecule has 1 aromatic carbocycles. The molecule has 0 aliphatic heterocycles. The van der Waals surface area contributed by atoms with Crippen molar-refractivity contribution in [3.63, 3.8) is 0 Å². The quantitative estimate of drug-likeness (QED) is 0.820. The number of rotatable bonds is 3. The van der Waals surface area contributed by atoms with Gasteiger partial charge in [0, 0.05) is 18.0 Å². The van der Waals surface area contributed by atoms with E-state index in [9.17, 15) is 10.0 Å². The van der Waals surface area contributed by atoms with Crippen LogP contribution in [-0.2, 0) is 6.54 Å². The minimum absolute atomic E-state index is 0.120. The van der Waals surface area contributed by atoms with E-state index in [1.807, 2.05) is 19.1 Å². The lowest BCUT2D eigenvalue weighted by atomic mass is 10.1. The first-order valence-corrected chi connectivity index (χ1v) is 5.70. The highest BCUT2D eigenvalue weighted by atomic mass is 16.5. The molecule has 0 saturated carbocycles. The Balaban J connectivity index is 2.07. The second kappa shape index (κ2) is 5.53. The van der Waals surface area contributed by atoms with Gasteiger partial charge in [-0.2, -0.15) is 0 Å². The Bertz CT molecular complexity index is 523. The summed E-state index contributed by atoms with van der Waals surface area (Å²) < 4.78 is 0. The molecule has 0 aliphatic carbocycles. The van der Waals surface area contributed by atoms with Crippen molar-refractivity contribution in [1.29, 1.82) is 0 Å². The molecule has 4 heteroatoms. The lowest BCUT2D eigenvalue weighted by Crippen LogP contribution is -3.08. The SMILES string of the molecule is Cc1ccc(C(=O)[NH+]([O-])Cc2ccncc2)cc1. The number of aromatic nitrogens is 1. The molecule has 92 valence electrons. The van der Waals surface area contributed by atoms with E-state index >= 15 is 0 Å².